The van der Waals surface area contributed by atoms with E-state index in [9.17, 15) is 13.2 Å². The van der Waals surface area contributed by atoms with Crippen molar-refractivity contribution in [2.75, 3.05) is 32.5 Å². The van der Waals surface area contributed by atoms with Gasteiger partial charge in [0.25, 0.3) is 0 Å². The zero-order chi connectivity index (χ0) is 20.1. The van der Waals surface area contributed by atoms with Crippen LogP contribution in [0.25, 0.3) is 0 Å². The first kappa shape index (κ1) is 22.0. The van der Waals surface area contributed by atoms with Gasteiger partial charge in [-0.3, -0.25) is 4.79 Å². The molecule has 1 heterocycles. The van der Waals surface area contributed by atoms with Crippen molar-refractivity contribution in [2.45, 2.75) is 43.3 Å². The number of carbonyl (C=O) groups excluding carboxylic acids is 1. The van der Waals surface area contributed by atoms with Crippen LogP contribution in [-0.2, 0) is 14.8 Å². The fourth-order valence-electron chi connectivity index (χ4n) is 2.95. The third-order valence-electron chi connectivity index (χ3n) is 4.39. The van der Waals surface area contributed by atoms with Crippen LogP contribution in [0.3, 0.4) is 0 Å². The van der Waals surface area contributed by atoms with Crippen LogP contribution in [0.2, 0.25) is 0 Å². The summed E-state index contributed by atoms with van der Waals surface area (Å²) in [6, 6.07) is 6.35. The number of benzene rings is 1. The molecule has 2 rings (SSSR count). The highest BCUT2D eigenvalue weighted by atomic mass is 32.2. The van der Waals surface area contributed by atoms with Crippen molar-refractivity contribution in [2.24, 2.45) is 5.92 Å². The number of rotatable bonds is 7. The molecule has 1 N–H and O–H groups in total. The molecule has 0 aliphatic carbocycles. The van der Waals surface area contributed by atoms with Crippen LogP contribution in [0.1, 0.15) is 33.6 Å². The highest BCUT2D eigenvalue weighted by Crippen LogP contribution is 2.25. The topological polar surface area (TPSA) is 75.7 Å². The maximum Gasteiger partial charge on any atom is 0.243 e. The van der Waals surface area contributed by atoms with Crippen molar-refractivity contribution < 1.29 is 17.9 Å². The number of amides is 1. The normalized spacial score (nSPS) is 18.9. The van der Waals surface area contributed by atoms with Crippen LogP contribution in [0.4, 0.5) is 0 Å². The molecule has 1 fully saturated rings. The zero-order valence-electron chi connectivity index (χ0n) is 16.5. The standard InChI is InChI=1S/C19H30N2O4S2/c1-19(2,3)26-13-11-20-18(22)15-6-5-12-21(14-15)27(23,24)17-9-7-16(25-4)8-10-17/h7-10,15H,5-6,11-14H2,1-4H3,(H,20,22). The minimum atomic E-state index is -3.60. The first-order chi connectivity index (χ1) is 12.6. The van der Waals surface area contributed by atoms with E-state index in [2.05, 4.69) is 26.1 Å². The molecule has 1 amide bonds. The second-order valence-corrected chi connectivity index (χ2v) is 11.5. The van der Waals surface area contributed by atoms with Crippen molar-refractivity contribution in [1.82, 2.24) is 9.62 Å². The highest BCUT2D eigenvalue weighted by Gasteiger charge is 2.33. The fourth-order valence-corrected chi connectivity index (χ4v) is 5.29. The van der Waals surface area contributed by atoms with Gasteiger partial charge in [0, 0.05) is 30.1 Å². The number of sulfonamides is 1. The van der Waals surface area contributed by atoms with Gasteiger partial charge in [-0.1, -0.05) is 20.8 Å². The van der Waals surface area contributed by atoms with Crippen molar-refractivity contribution in [1.29, 1.82) is 0 Å². The third-order valence-corrected chi connectivity index (χ3v) is 7.54. The summed E-state index contributed by atoms with van der Waals surface area (Å²) < 4.78 is 32.4. The smallest absolute Gasteiger partial charge is 0.243 e. The number of hydrogen-bond acceptors (Lipinski definition) is 5. The van der Waals surface area contributed by atoms with Gasteiger partial charge in [-0.05, 0) is 37.1 Å². The lowest BCUT2D eigenvalue weighted by atomic mass is 9.99. The minimum Gasteiger partial charge on any atom is -0.497 e. The monoisotopic (exact) mass is 414 g/mol. The Morgan fingerprint density at radius 1 is 1.30 bits per heavy atom. The Kier molecular flexibility index (Phi) is 7.59. The van der Waals surface area contributed by atoms with Gasteiger partial charge in [0.1, 0.15) is 5.75 Å². The van der Waals surface area contributed by atoms with Gasteiger partial charge in [0.15, 0.2) is 0 Å². The molecular weight excluding hydrogens is 384 g/mol. The molecule has 1 aromatic rings. The largest absolute Gasteiger partial charge is 0.497 e. The average molecular weight is 415 g/mol. The van der Waals surface area contributed by atoms with E-state index in [1.54, 1.807) is 36.0 Å². The summed E-state index contributed by atoms with van der Waals surface area (Å²) in [5.74, 6) is 1.10. The maximum absolute atomic E-state index is 12.9. The van der Waals surface area contributed by atoms with Crippen molar-refractivity contribution in [3.8, 4) is 5.75 Å². The number of hydrogen-bond donors (Lipinski definition) is 1. The van der Waals surface area contributed by atoms with Crippen molar-refractivity contribution in [3.63, 3.8) is 0 Å². The number of thioether (sulfide) groups is 1. The number of carbonyl (C=O) groups is 1. The number of nitrogens with one attached hydrogen (secondary N) is 1. The van der Waals surface area contributed by atoms with Gasteiger partial charge >= 0.3 is 0 Å². The predicted molar refractivity (Wildman–Crippen MR) is 110 cm³/mol. The molecule has 0 saturated carbocycles. The second kappa shape index (κ2) is 9.30. The first-order valence-electron chi connectivity index (χ1n) is 9.19. The van der Waals surface area contributed by atoms with Gasteiger partial charge in [-0.15, -0.1) is 0 Å². The lowest BCUT2D eigenvalue weighted by Crippen LogP contribution is -2.45. The van der Waals surface area contributed by atoms with E-state index in [0.29, 0.717) is 31.7 Å². The lowest BCUT2D eigenvalue weighted by Gasteiger charge is -2.31. The molecule has 8 heteroatoms. The summed E-state index contributed by atoms with van der Waals surface area (Å²) in [6.45, 7) is 7.70. The summed E-state index contributed by atoms with van der Waals surface area (Å²) in [4.78, 5) is 12.7. The van der Waals surface area contributed by atoms with Crippen molar-refractivity contribution in [3.05, 3.63) is 24.3 Å². The number of ether oxygens (including phenoxy) is 1. The molecule has 1 aromatic carbocycles. The summed E-state index contributed by atoms with van der Waals surface area (Å²) >= 11 is 1.80. The van der Waals surface area contributed by atoms with Gasteiger partial charge in [0.05, 0.1) is 17.9 Å². The third kappa shape index (κ3) is 6.40. The Bertz CT molecular complexity index is 727. The molecule has 1 saturated heterocycles. The number of piperidine rings is 1. The Morgan fingerprint density at radius 2 is 1.96 bits per heavy atom. The molecular formula is C19H30N2O4S2. The van der Waals surface area contributed by atoms with E-state index >= 15 is 0 Å². The van der Waals surface area contributed by atoms with Crippen LogP contribution in [0.15, 0.2) is 29.2 Å². The fraction of sp³-hybridized carbons (Fsp3) is 0.632. The Morgan fingerprint density at radius 3 is 2.56 bits per heavy atom. The summed E-state index contributed by atoms with van der Waals surface area (Å²) in [7, 11) is -2.07. The second-order valence-electron chi connectivity index (χ2n) is 7.63. The van der Waals surface area contributed by atoms with Gasteiger partial charge in [-0.25, -0.2) is 8.42 Å². The van der Waals surface area contributed by atoms with E-state index in [4.69, 9.17) is 4.74 Å². The minimum absolute atomic E-state index is 0.0564. The molecule has 0 radical (unpaired) electrons. The molecule has 0 bridgehead atoms. The molecule has 1 atom stereocenters. The van der Waals surface area contributed by atoms with E-state index in [1.807, 2.05) is 0 Å². The SMILES string of the molecule is COc1ccc(S(=O)(=O)N2CCCC(C(=O)NCCSC(C)(C)C)C2)cc1. The molecule has 6 nitrogen and oxygen atoms in total. The predicted octanol–water partition coefficient (Wildman–Crippen LogP) is 2.74. The summed E-state index contributed by atoms with van der Waals surface area (Å²) in [5, 5.41) is 2.95. The van der Waals surface area contributed by atoms with E-state index in [0.717, 1.165) is 5.75 Å². The van der Waals surface area contributed by atoms with Gasteiger partial charge in [0.2, 0.25) is 15.9 Å². The van der Waals surface area contributed by atoms with Crippen molar-refractivity contribution >= 4 is 27.7 Å². The maximum atomic E-state index is 12.9. The molecule has 152 valence electrons. The highest BCUT2D eigenvalue weighted by molar-refractivity contribution is 8.00. The quantitative estimate of drug-likeness (QED) is 0.695. The number of nitrogens with zero attached hydrogens (tertiary/aromatic N) is 1. The Labute approximate surface area is 167 Å². The lowest BCUT2D eigenvalue weighted by molar-refractivity contribution is -0.125. The van der Waals surface area contributed by atoms with Crippen LogP contribution in [0, 0.1) is 5.92 Å². The van der Waals surface area contributed by atoms with Crippen LogP contribution in [0.5, 0.6) is 5.75 Å². The molecule has 27 heavy (non-hydrogen) atoms. The van der Waals surface area contributed by atoms with Crippen LogP contribution < -0.4 is 10.1 Å². The Balaban J connectivity index is 1.94. The molecule has 1 unspecified atom stereocenters. The molecule has 1 aliphatic heterocycles. The molecule has 0 spiro atoms. The summed E-state index contributed by atoms with van der Waals surface area (Å²) in [5.41, 5.74) is 0. The van der Waals surface area contributed by atoms with Gasteiger partial charge in [-0.2, -0.15) is 16.1 Å². The molecule has 0 aromatic heterocycles. The van der Waals surface area contributed by atoms with E-state index in [1.165, 1.54) is 11.4 Å². The van der Waals surface area contributed by atoms with E-state index < -0.39 is 10.0 Å². The Hall–Kier alpha value is -1.25. The van der Waals surface area contributed by atoms with Crippen LogP contribution >= 0.6 is 11.8 Å². The number of methoxy groups -OCH3 is 1. The van der Waals surface area contributed by atoms with Gasteiger partial charge < -0.3 is 10.1 Å². The van der Waals surface area contributed by atoms with Crippen LogP contribution in [-0.4, -0.2) is 55.9 Å². The zero-order valence-corrected chi connectivity index (χ0v) is 18.2. The van der Waals surface area contributed by atoms with E-state index in [-0.39, 0.29) is 28.0 Å². The molecule has 1 aliphatic rings. The average Bonchev–Trinajstić information content (AvgIpc) is 2.64. The summed E-state index contributed by atoms with van der Waals surface area (Å²) in [6.07, 6.45) is 1.40. The first-order valence-corrected chi connectivity index (χ1v) is 11.6.